The summed E-state index contributed by atoms with van der Waals surface area (Å²) >= 11 is 0. The molecule has 4 heteroatoms. The van der Waals surface area contributed by atoms with E-state index in [4.69, 9.17) is 14.5 Å². The minimum absolute atomic E-state index is 0.00769. The molecule has 0 amide bonds. The fraction of sp³-hybridized carbons (Fsp3) is 0.167. The van der Waals surface area contributed by atoms with E-state index >= 15 is 0 Å². The van der Waals surface area contributed by atoms with Crippen molar-refractivity contribution in [3.05, 3.63) is 89.0 Å². The Hall–Kier alpha value is -3.40. The molecule has 1 aliphatic rings. The highest BCUT2D eigenvalue weighted by Gasteiger charge is 2.17. The quantitative estimate of drug-likeness (QED) is 0.585. The van der Waals surface area contributed by atoms with Crippen molar-refractivity contribution >= 4 is 17.2 Å². The van der Waals surface area contributed by atoms with Crippen LogP contribution in [0.25, 0.3) is 0 Å². The molecule has 0 aromatic heterocycles. The molecule has 4 rings (SSSR count). The highest BCUT2D eigenvalue weighted by Crippen LogP contribution is 2.29. The lowest BCUT2D eigenvalue weighted by Crippen LogP contribution is -2.07. The molecule has 140 valence electrons. The third kappa shape index (κ3) is 3.54. The van der Waals surface area contributed by atoms with Crippen molar-refractivity contribution in [2.75, 3.05) is 14.2 Å². The molecule has 0 aliphatic carbocycles. The van der Waals surface area contributed by atoms with Crippen LogP contribution in [-0.2, 0) is 12.8 Å². The fourth-order valence-corrected chi connectivity index (χ4v) is 3.47. The van der Waals surface area contributed by atoms with Crippen LogP contribution in [0.1, 0.15) is 27.0 Å². The molecule has 3 aromatic rings. The number of rotatable bonds is 6. The van der Waals surface area contributed by atoms with Gasteiger partial charge in [-0.25, -0.2) is 0 Å². The first-order valence-electron chi connectivity index (χ1n) is 9.18. The zero-order valence-corrected chi connectivity index (χ0v) is 15.9. The smallest absolute Gasteiger partial charge is 0.170 e. The van der Waals surface area contributed by atoms with Crippen LogP contribution in [0.5, 0.6) is 11.5 Å². The average molecular weight is 371 g/mol. The van der Waals surface area contributed by atoms with Gasteiger partial charge in [0.05, 0.1) is 31.2 Å². The van der Waals surface area contributed by atoms with Crippen LogP contribution in [0.15, 0.2) is 71.7 Å². The number of para-hydroxylation sites is 1. The number of hydrogen-bond donors (Lipinski definition) is 0. The van der Waals surface area contributed by atoms with Crippen LogP contribution in [0, 0.1) is 0 Å². The number of ketones is 1. The van der Waals surface area contributed by atoms with Crippen LogP contribution < -0.4 is 9.47 Å². The molecule has 28 heavy (non-hydrogen) atoms. The van der Waals surface area contributed by atoms with E-state index in [9.17, 15) is 4.79 Å². The summed E-state index contributed by atoms with van der Waals surface area (Å²) in [5, 5.41) is 0. The Morgan fingerprint density at radius 2 is 1.82 bits per heavy atom. The van der Waals surface area contributed by atoms with E-state index in [2.05, 4.69) is 12.1 Å². The van der Waals surface area contributed by atoms with Crippen LogP contribution in [-0.4, -0.2) is 25.7 Å². The Morgan fingerprint density at radius 1 is 0.964 bits per heavy atom. The SMILES string of the molecule is COc1ccc(C(=O)Cc2cccc(C3=Nc4ccccc4C3)c2)c(OC)c1. The van der Waals surface area contributed by atoms with Crippen molar-refractivity contribution < 1.29 is 14.3 Å². The molecule has 0 atom stereocenters. The molecule has 1 aliphatic heterocycles. The Morgan fingerprint density at radius 3 is 2.61 bits per heavy atom. The van der Waals surface area contributed by atoms with Gasteiger partial charge in [0.2, 0.25) is 0 Å². The topological polar surface area (TPSA) is 47.9 Å². The lowest BCUT2D eigenvalue weighted by Gasteiger charge is -2.10. The predicted octanol–water partition coefficient (Wildman–Crippen LogP) is 4.81. The molecule has 0 spiro atoms. The summed E-state index contributed by atoms with van der Waals surface area (Å²) in [4.78, 5) is 17.6. The number of benzene rings is 3. The number of nitrogens with zero attached hydrogens (tertiary/aromatic N) is 1. The van der Waals surface area contributed by atoms with Gasteiger partial charge in [-0.2, -0.15) is 0 Å². The summed E-state index contributed by atoms with van der Waals surface area (Å²) in [6.07, 6.45) is 1.12. The van der Waals surface area contributed by atoms with Crippen LogP contribution in [0.3, 0.4) is 0 Å². The van der Waals surface area contributed by atoms with E-state index in [-0.39, 0.29) is 5.78 Å². The number of hydrogen-bond acceptors (Lipinski definition) is 4. The molecular weight excluding hydrogens is 350 g/mol. The second kappa shape index (κ2) is 7.69. The Kier molecular flexibility index (Phi) is 4.94. The van der Waals surface area contributed by atoms with Crippen LogP contribution >= 0.6 is 0 Å². The Balaban J connectivity index is 1.56. The highest BCUT2D eigenvalue weighted by atomic mass is 16.5. The van der Waals surface area contributed by atoms with Gasteiger partial charge in [0.1, 0.15) is 11.5 Å². The summed E-state index contributed by atoms with van der Waals surface area (Å²) in [5.74, 6) is 1.19. The van der Waals surface area contributed by atoms with Gasteiger partial charge in [0.15, 0.2) is 5.78 Å². The zero-order valence-electron chi connectivity index (χ0n) is 15.9. The minimum atomic E-state index is 0.00769. The first kappa shape index (κ1) is 18.0. The number of ether oxygens (including phenoxy) is 2. The van der Waals surface area contributed by atoms with Gasteiger partial charge in [-0.1, -0.05) is 36.4 Å². The molecule has 0 fully saturated rings. The summed E-state index contributed by atoms with van der Waals surface area (Å²) < 4.78 is 10.6. The molecule has 0 saturated carbocycles. The molecule has 4 nitrogen and oxygen atoms in total. The summed E-state index contributed by atoms with van der Waals surface area (Å²) in [5.41, 5.74) is 5.88. The zero-order chi connectivity index (χ0) is 19.5. The standard InChI is InChI=1S/C24H21NO3/c1-27-19-10-11-20(24(15-19)28-2)23(26)13-16-6-5-8-17(12-16)22-14-18-7-3-4-9-21(18)25-22/h3-12,15H,13-14H2,1-2H3. The predicted molar refractivity (Wildman–Crippen MR) is 110 cm³/mol. The number of methoxy groups -OCH3 is 2. The molecule has 1 heterocycles. The van der Waals surface area contributed by atoms with Gasteiger partial charge < -0.3 is 9.47 Å². The van der Waals surface area contributed by atoms with Crippen molar-refractivity contribution in [3.63, 3.8) is 0 Å². The van der Waals surface area contributed by atoms with E-state index in [1.807, 2.05) is 36.4 Å². The average Bonchev–Trinajstić information content (AvgIpc) is 3.17. The second-order valence-electron chi connectivity index (χ2n) is 6.73. The third-order valence-electron chi connectivity index (χ3n) is 4.94. The molecule has 0 N–H and O–H groups in total. The van der Waals surface area contributed by atoms with Gasteiger partial charge in [-0.3, -0.25) is 9.79 Å². The largest absolute Gasteiger partial charge is 0.497 e. The van der Waals surface area contributed by atoms with E-state index in [0.29, 0.717) is 23.5 Å². The number of aliphatic imine (C=N–C) groups is 1. The molecular formula is C24H21NO3. The Bertz CT molecular complexity index is 1070. The van der Waals surface area contributed by atoms with Gasteiger partial charge in [0, 0.05) is 18.9 Å². The number of carbonyl (C=O) groups excluding carboxylic acids is 1. The number of carbonyl (C=O) groups is 1. The Labute approximate surface area is 164 Å². The summed E-state index contributed by atoms with van der Waals surface area (Å²) in [6.45, 7) is 0. The maximum atomic E-state index is 12.9. The molecule has 0 radical (unpaired) electrons. The van der Waals surface area contributed by atoms with Crippen molar-refractivity contribution in [2.24, 2.45) is 4.99 Å². The second-order valence-corrected chi connectivity index (χ2v) is 6.73. The van der Waals surface area contributed by atoms with Crippen LogP contribution in [0.2, 0.25) is 0 Å². The first-order valence-corrected chi connectivity index (χ1v) is 9.18. The summed E-state index contributed by atoms with van der Waals surface area (Å²) in [6, 6.07) is 21.5. The van der Waals surface area contributed by atoms with E-state index < -0.39 is 0 Å². The first-order chi connectivity index (χ1) is 13.7. The molecule has 0 bridgehead atoms. The summed E-state index contributed by atoms with van der Waals surface area (Å²) in [7, 11) is 3.15. The maximum Gasteiger partial charge on any atom is 0.170 e. The van der Waals surface area contributed by atoms with Gasteiger partial charge in [0.25, 0.3) is 0 Å². The van der Waals surface area contributed by atoms with Crippen molar-refractivity contribution in [1.29, 1.82) is 0 Å². The molecule has 0 saturated heterocycles. The van der Waals surface area contributed by atoms with Crippen LogP contribution in [0.4, 0.5) is 5.69 Å². The number of fused-ring (bicyclic) bond motifs is 1. The normalized spacial score (nSPS) is 12.3. The van der Waals surface area contributed by atoms with E-state index in [1.54, 1.807) is 32.4 Å². The van der Waals surface area contributed by atoms with Crippen molar-refractivity contribution in [1.82, 2.24) is 0 Å². The maximum absolute atomic E-state index is 12.9. The van der Waals surface area contributed by atoms with Gasteiger partial charge >= 0.3 is 0 Å². The number of Topliss-reactive ketones (excluding diaryl/α,β-unsaturated/α-hetero) is 1. The van der Waals surface area contributed by atoms with Crippen molar-refractivity contribution in [2.45, 2.75) is 12.8 Å². The van der Waals surface area contributed by atoms with E-state index in [0.717, 1.165) is 28.9 Å². The molecule has 3 aromatic carbocycles. The third-order valence-corrected chi connectivity index (χ3v) is 4.94. The highest BCUT2D eigenvalue weighted by molar-refractivity contribution is 6.07. The lowest BCUT2D eigenvalue weighted by atomic mass is 9.98. The van der Waals surface area contributed by atoms with E-state index in [1.165, 1.54) is 5.56 Å². The lowest BCUT2D eigenvalue weighted by molar-refractivity contribution is 0.0990. The fourth-order valence-electron chi connectivity index (χ4n) is 3.47. The molecule has 0 unspecified atom stereocenters. The van der Waals surface area contributed by atoms with Gasteiger partial charge in [-0.15, -0.1) is 0 Å². The van der Waals surface area contributed by atoms with Crippen molar-refractivity contribution in [3.8, 4) is 11.5 Å². The van der Waals surface area contributed by atoms with Gasteiger partial charge in [-0.05, 0) is 41.0 Å². The monoisotopic (exact) mass is 371 g/mol. The minimum Gasteiger partial charge on any atom is -0.497 e.